The smallest absolute Gasteiger partial charge is 0.241 e. The normalized spacial score (nSPS) is 13.8. The van der Waals surface area contributed by atoms with Gasteiger partial charge in [0.05, 0.1) is 17.3 Å². The molecule has 134 valence electrons. The average molecular weight is 351 g/mol. The topological polar surface area (TPSA) is 74.6 Å². The summed E-state index contributed by atoms with van der Waals surface area (Å²) in [6.45, 7) is 3.53. The molecule has 1 aliphatic rings. The van der Waals surface area contributed by atoms with E-state index in [2.05, 4.69) is 11.4 Å². The quantitative estimate of drug-likeness (QED) is 0.896. The number of carbonyl (C=O) groups is 1. The first-order valence-corrected chi connectivity index (χ1v) is 8.47. The Morgan fingerprint density at radius 1 is 1.23 bits per heavy atom. The molecule has 6 nitrogen and oxygen atoms in total. The van der Waals surface area contributed by atoms with Crippen LogP contribution in [0.3, 0.4) is 0 Å². The summed E-state index contributed by atoms with van der Waals surface area (Å²) in [5.74, 6) is 1.33. The van der Waals surface area contributed by atoms with Crippen LogP contribution in [0.2, 0.25) is 0 Å². The first-order chi connectivity index (χ1) is 12.6. The van der Waals surface area contributed by atoms with Crippen LogP contribution in [0.4, 0.5) is 5.69 Å². The minimum absolute atomic E-state index is 0.159. The van der Waals surface area contributed by atoms with Crippen molar-refractivity contribution in [2.24, 2.45) is 0 Å². The van der Waals surface area contributed by atoms with Gasteiger partial charge in [0.15, 0.2) is 11.5 Å². The van der Waals surface area contributed by atoms with Gasteiger partial charge in [-0.1, -0.05) is 18.2 Å². The van der Waals surface area contributed by atoms with E-state index in [4.69, 9.17) is 14.7 Å². The van der Waals surface area contributed by atoms with Gasteiger partial charge in [-0.15, -0.1) is 0 Å². The van der Waals surface area contributed by atoms with Gasteiger partial charge in [-0.25, -0.2) is 0 Å². The zero-order chi connectivity index (χ0) is 18.5. The number of likely N-dealkylation sites (N-methyl/N-ethyl adjacent to an activating group) is 1. The Labute approximate surface area is 152 Å². The fourth-order valence-corrected chi connectivity index (χ4v) is 2.74. The standard InChI is InChI=1S/C20H21N3O3/c1-14(20(24)22-17-6-4-3-5-16(17)12-21)23(2)13-15-7-8-18-19(11-15)26-10-9-25-18/h3-8,11,14H,9-10,13H2,1-2H3,(H,22,24)/t14-/m0/s1. The molecule has 2 aromatic rings. The van der Waals surface area contributed by atoms with Gasteiger partial charge in [-0.05, 0) is 43.8 Å². The van der Waals surface area contributed by atoms with Crippen molar-refractivity contribution in [1.82, 2.24) is 4.90 Å². The molecule has 0 fully saturated rings. The maximum Gasteiger partial charge on any atom is 0.241 e. The number of anilines is 1. The van der Waals surface area contributed by atoms with E-state index >= 15 is 0 Å². The van der Waals surface area contributed by atoms with Crippen LogP contribution in [0.25, 0.3) is 0 Å². The number of amides is 1. The van der Waals surface area contributed by atoms with Crippen molar-refractivity contribution in [3.05, 3.63) is 53.6 Å². The summed E-state index contributed by atoms with van der Waals surface area (Å²) in [5, 5.41) is 12.0. The Morgan fingerprint density at radius 2 is 1.96 bits per heavy atom. The molecule has 26 heavy (non-hydrogen) atoms. The lowest BCUT2D eigenvalue weighted by atomic mass is 10.1. The third-order valence-electron chi connectivity index (χ3n) is 4.38. The molecular weight excluding hydrogens is 330 g/mol. The zero-order valence-corrected chi connectivity index (χ0v) is 14.9. The molecule has 3 rings (SSSR count). The highest BCUT2D eigenvalue weighted by Crippen LogP contribution is 2.31. The third kappa shape index (κ3) is 3.95. The summed E-state index contributed by atoms with van der Waals surface area (Å²) in [6, 6.07) is 14.5. The van der Waals surface area contributed by atoms with Gasteiger partial charge in [-0.3, -0.25) is 9.69 Å². The first-order valence-electron chi connectivity index (χ1n) is 8.47. The molecule has 1 aliphatic heterocycles. The number of hydrogen-bond donors (Lipinski definition) is 1. The molecule has 2 aromatic carbocycles. The van der Waals surface area contributed by atoms with Gasteiger partial charge >= 0.3 is 0 Å². The molecule has 0 saturated heterocycles. The molecule has 0 saturated carbocycles. The van der Waals surface area contributed by atoms with E-state index < -0.39 is 0 Å². The number of carbonyl (C=O) groups excluding carboxylic acids is 1. The van der Waals surface area contributed by atoms with E-state index in [1.54, 1.807) is 24.3 Å². The predicted octanol–water partition coefficient (Wildman–Crippen LogP) is 2.79. The van der Waals surface area contributed by atoms with Crippen molar-refractivity contribution < 1.29 is 14.3 Å². The van der Waals surface area contributed by atoms with Crippen LogP contribution in [0, 0.1) is 11.3 Å². The molecule has 0 unspecified atom stereocenters. The molecule has 1 atom stereocenters. The molecule has 0 spiro atoms. The van der Waals surface area contributed by atoms with Crippen molar-refractivity contribution in [2.75, 3.05) is 25.6 Å². The Bertz CT molecular complexity index is 844. The van der Waals surface area contributed by atoms with Crippen LogP contribution in [-0.4, -0.2) is 37.1 Å². The van der Waals surface area contributed by atoms with Crippen molar-refractivity contribution in [1.29, 1.82) is 5.26 Å². The lowest BCUT2D eigenvalue weighted by Crippen LogP contribution is -2.39. The highest BCUT2D eigenvalue weighted by molar-refractivity contribution is 5.95. The van der Waals surface area contributed by atoms with Crippen LogP contribution in [0.1, 0.15) is 18.1 Å². The minimum Gasteiger partial charge on any atom is -0.486 e. The Balaban J connectivity index is 1.64. The molecule has 1 amide bonds. The number of hydrogen-bond acceptors (Lipinski definition) is 5. The van der Waals surface area contributed by atoms with Gasteiger partial charge in [-0.2, -0.15) is 5.26 Å². The Kier molecular flexibility index (Phi) is 5.40. The van der Waals surface area contributed by atoms with E-state index in [-0.39, 0.29) is 11.9 Å². The minimum atomic E-state index is -0.366. The molecule has 6 heteroatoms. The highest BCUT2D eigenvalue weighted by atomic mass is 16.6. The summed E-state index contributed by atoms with van der Waals surface area (Å²) >= 11 is 0. The zero-order valence-electron chi connectivity index (χ0n) is 14.9. The van der Waals surface area contributed by atoms with E-state index in [9.17, 15) is 4.79 Å². The second-order valence-electron chi connectivity index (χ2n) is 6.22. The molecule has 1 N–H and O–H groups in total. The maximum atomic E-state index is 12.5. The SMILES string of the molecule is C[C@@H](C(=O)Nc1ccccc1C#N)N(C)Cc1ccc2c(c1)OCCO2. The van der Waals surface area contributed by atoms with Crippen molar-refractivity contribution >= 4 is 11.6 Å². The van der Waals surface area contributed by atoms with E-state index in [0.29, 0.717) is 31.0 Å². The lowest BCUT2D eigenvalue weighted by Gasteiger charge is -2.25. The molecule has 0 aromatic heterocycles. The Morgan fingerprint density at radius 3 is 2.73 bits per heavy atom. The number of benzene rings is 2. The molecule has 0 radical (unpaired) electrons. The lowest BCUT2D eigenvalue weighted by molar-refractivity contribution is -0.120. The summed E-state index contributed by atoms with van der Waals surface area (Å²) < 4.78 is 11.1. The molecule has 0 bridgehead atoms. The number of nitrogens with zero attached hydrogens (tertiary/aromatic N) is 2. The van der Waals surface area contributed by atoms with Crippen LogP contribution in [0.15, 0.2) is 42.5 Å². The van der Waals surface area contributed by atoms with Crippen LogP contribution in [0.5, 0.6) is 11.5 Å². The van der Waals surface area contributed by atoms with Gasteiger partial charge in [0.25, 0.3) is 0 Å². The van der Waals surface area contributed by atoms with Gasteiger partial charge in [0, 0.05) is 6.54 Å². The molecule has 1 heterocycles. The third-order valence-corrected chi connectivity index (χ3v) is 4.38. The summed E-state index contributed by atoms with van der Waals surface area (Å²) in [6.07, 6.45) is 0. The van der Waals surface area contributed by atoms with Crippen LogP contribution in [-0.2, 0) is 11.3 Å². The first kappa shape index (κ1) is 17.8. The van der Waals surface area contributed by atoms with E-state index in [0.717, 1.165) is 17.1 Å². The van der Waals surface area contributed by atoms with Gasteiger partial charge < -0.3 is 14.8 Å². The van der Waals surface area contributed by atoms with Crippen molar-refractivity contribution in [3.63, 3.8) is 0 Å². The fourth-order valence-electron chi connectivity index (χ4n) is 2.74. The fraction of sp³-hybridized carbons (Fsp3) is 0.300. The van der Waals surface area contributed by atoms with Crippen LogP contribution >= 0.6 is 0 Å². The largest absolute Gasteiger partial charge is 0.486 e. The van der Waals surface area contributed by atoms with E-state index in [1.807, 2.05) is 37.1 Å². The van der Waals surface area contributed by atoms with Crippen LogP contribution < -0.4 is 14.8 Å². The summed E-state index contributed by atoms with van der Waals surface area (Å²) in [5.41, 5.74) is 2.01. The number of nitrogens with one attached hydrogen (secondary N) is 1. The number of para-hydroxylation sites is 1. The second-order valence-corrected chi connectivity index (χ2v) is 6.22. The monoisotopic (exact) mass is 351 g/mol. The number of ether oxygens (including phenoxy) is 2. The van der Waals surface area contributed by atoms with Gasteiger partial charge in [0.1, 0.15) is 19.3 Å². The predicted molar refractivity (Wildman–Crippen MR) is 98.1 cm³/mol. The molecular formula is C20H21N3O3. The second kappa shape index (κ2) is 7.89. The van der Waals surface area contributed by atoms with Crippen molar-refractivity contribution in [3.8, 4) is 17.6 Å². The number of rotatable bonds is 5. The van der Waals surface area contributed by atoms with Gasteiger partial charge in [0.2, 0.25) is 5.91 Å². The van der Waals surface area contributed by atoms with Crippen molar-refractivity contribution in [2.45, 2.75) is 19.5 Å². The maximum absolute atomic E-state index is 12.5. The summed E-state index contributed by atoms with van der Waals surface area (Å²) in [4.78, 5) is 14.5. The number of fused-ring (bicyclic) bond motifs is 1. The summed E-state index contributed by atoms with van der Waals surface area (Å²) in [7, 11) is 1.89. The average Bonchev–Trinajstić information content (AvgIpc) is 2.67. The molecule has 0 aliphatic carbocycles. The highest BCUT2D eigenvalue weighted by Gasteiger charge is 2.20. The Hall–Kier alpha value is -3.04. The number of nitriles is 1. The van der Waals surface area contributed by atoms with E-state index in [1.165, 1.54) is 0 Å².